The normalized spacial score (nSPS) is 20.7. The molecule has 1 aliphatic heterocycles. The van der Waals surface area contributed by atoms with Crippen molar-refractivity contribution < 1.29 is 4.79 Å². The van der Waals surface area contributed by atoms with E-state index in [4.69, 9.17) is 0 Å². The topological polar surface area (TPSA) is 35.6 Å². The maximum Gasteiger partial charge on any atom is 0.317 e. The van der Waals surface area contributed by atoms with E-state index in [2.05, 4.69) is 37.9 Å². The first-order valence-corrected chi connectivity index (χ1v) is 7.15. The van der Waals surface area contributed by atoms with E-state index in [0.29, 0.717) is 18.0 Å². The van der Waals surface area contributed by atoms with Crippen molar-refractivity contribution in [2.45, 2.75) is 52.6 Å². The quantitative estimate of drug-likeness (QED) is 0.817. The van der Waals surface area contributed by atoms with Gasteiger partial charge in [-0.15, -0.1) is 0 Å². The highest BCUT2D eigenvalue weighted by Crippen LogP contribution is 2.12. The molecule has 1 unspecified atom stereocenters. The number of likely N-dealkylation sites (tertiary alicyclic amines) is 1. The summed E-state index contributed by atoms with van der Waals surface area (Å²) >= 11 is 0. The number of hydrogen-bond acceptors (Lipinski definition) is 2. The standard InChI is InChI=1S/C14H29N3O/c1-11(2)6-8-16(5)14(18)15-13-7-9-17(10-13)12(3)4/h11-13H,6-10H2,1-5H3,(H,15,18). The minimum absolute atomic E-state index is 0.0752. The molecule has 0 aromatic carbocycles. The molecule has 1 heterocycles. The molecule has 0 radical (unpaired) electrons. The summed E-state index contributed by atoms with van der Waals surface area (Å²) in [6.45, 7) is 11.7. The summed E-state index contributed by atoms with van der Waals surface area (Å²) in [4.78, 5) is 16.2. The minimum Gasteiger partial charge on any atom is -0.334 e. The molecule has 1 aliphatic rings. The Bertz CT molecular complexity index is 266. The van der Waals surface area contributed by atoms with E-state index in [1.165, 1.54) is 0 Å². The lowest BCUT2D eigenvalue weighted by molar-refractivity contribution is 0.200. The molecule has 0 aromatic heterocycles. The summed E-state index contributed by atoms with van der Waals surface area (Å²) in [6, 6.07) is 0.971. The van der Waals surface area contributed by atoms with Gasteiger partial charge < -0.3 is 10.2 Å². The van der Waals surface area contributed by atoms with Gasteiger partial charge in [0.25, 0.3) is 0 Å². The second-order valence-corrected chi connectivity index (χ2v) is 6.13. The lowest BCUT2D eigenvalue weighted by atomic mass is 10.1. The van der Waals surface area contributed by atoms with Gasteiger partial charge in [-0.25, -0.2) is 4.79 Å². The number of amides is 2. The highest BCUT2D eigenvalue weighted by Gasteiger charge is 2.26. The van der Waals surface area contributed by atoms with Crippen LogP contribution in [0.2, 0.25) is 0 Å². The van der Waals surface area contributed by atoms with E-state index in [9.17, 15) is 4.79 Å². The van der Waals surface area contributed by atoms with Gasteiger partial charge in [-0.05, 0) is 32.6 Å². The van der Waals surface area contributed by atoms with Crippen LogP contribution in [-0.2, 0) is 0 Å². The number of rotatable bonds is 5. The van der Waals surface area contributed by atoms with E-state index < -0.39 is 0 Å². The van der Waals surface area contributed by atoms with E-state index in [1.807, 2.05) is 7.05 Å². The Hall–Kier alpha value is -0.770. The van der Waals surface area contributed by atoms with Crippen LogP contribution < -0.4 is 5.32 Å². The van der Waals surface area contributed by atoms with Crippen LogP contribution >= 0.6 is 0 Å². The molecular weight excluding hydrogens is 226 g/mol. The number of carbonyl (C=O) groups excluding carboxylic acids is 1. The van der Waals surface area contributed by atoms with Gasteiger partial charge in [-0.1, -0.05) is 13.8 Å². The second kappa shape index (κ2) is 6.98. The number of nitrogens with zero attached hydrogens (tertiary/aromatic N) is 2. The fourth-order valence-electron chi connectivity index (χ4n) is 2.21. The maximum absolute atomic E-state index is 12.0. The summed E-state index contributed by atoms with van der Waals surface area (Å²) in [7, 11) is 1.88. The van der Waals surface area contributed by atoms with Crippen LogP contribution in [0.4, 0.5) is 4.79 Å². The highest BCUT2D eigenvalue weighted by atomic mass is 16.2. The first-order chi connectivity index (χ1) is 8.40. The van der Waals surface area contributed by atoms with Crippen LogP contribution in [0.1, 0.15) is 40.5 Å². The van der Waals surface area contributed by atoms with Crippen molar-refractivity contribution in [2.75, 3.05) is 26.7 Å². The van der Waals surface area contributed by atoms with Gasteiger partial charge in [-0.2, -0.15) is 0 Å². The lowest BCUT2D eigenvalue weighted by Crippen LogP contribution is -2.45. The number of carbonyl (C=O) groups is 1. The van der Waals surface area contributed by atoms with Crippen molar-refractivity contribution in [1.82, 2.24) is 15.1 Å². The second-order valence-electron chi connectivity index (χ2n) is 6.13. The first-order valence-electron chi connectivity index (χ1n) is 7.15. The maximum atomic E-state index is 12.0. The van der Waals surface area contributed by atoms with Crippen molar-refractivity contribution in [1.29, 1.82) is 0 Å². The molecule has 0 saturated carbocycles. The Morgan fingerprint density at radius 3 is 2.56 bits per heavy atom. The van der Waals surface area contributed by atoms with Gasteiger partial charge >= 0.3 is 6.03 Å². The van der Waals surface area contributed by atoms with E-state index in [1.54, 1.807) is 4.90 Å². The Morgan fingerprint density at radius 1 is 1.39 bits per heavy atom. The predicted octanol–water partition coefficient (Wildman–Crippen LogP) is 2.16. The van der Waals surface area contributed by atoms with Crippen molar-refractivity contribution >= 4 is 6.03 Å². The molecule has 1 atom stereocenters. The Morgan fingerprint density at radius 2 is 2.06 bits per heavy atom. The smallest absolute Gasteiger partial charge is 0.317 e. The van der Waals surface area contributed by atoms with E-state index >= 15 is 0 Å². The van der Waals surface area contributed by atoms with Crippen molar-refractivity contribution in [3.05, 3.63) is 0 Å². The summed E-state index contributed by atoms with van der Waals surface area (Å²) in [6.07, 6.45) is 2.13. The van der Waals surface area contributed by atoms with Gasteiger partial charge in [0.1, 0.15) is 0 Å². The van der Waals surface area contributed by atoms with Crippen molar-refractivity contribution in [3.8, 4) is 0 Å². The third-order valence-corrected chi connectivity index (χ3v) is 3.67. The molecule has 1 rings (SSSR count). The molecule has 0 aromatic rings. The third kappa shape index (κ3) is 4.84. The molecule has 106 valence electrons. The van der Waals surface area contributed by atoms with Crippen LogP contribution in [0.3, 0.4) is 0 Å². The summed E-state index contributed by atoms with van der Waals surface area (Å²) in [5.74, 6) is 0.642. The fourth-order valence-corrected chi connectivity index (χ4v) is 2.21. The number of urea groups is 1. The van der Waals surface area contributed by atoms with Crippen LogP contribution in [0, 0.1) is 5.92 Å². The van der Waals surface area contributed by atoms with Gasteiger partial charge in [-0.3, -0.25) is 4.90 Å². The summed E-state index contributed by atoms with van der Waals surface area (Å²) < 4.78 is 0. The lowest BCUT2D eigenvalue weighted by Gasteiger charge is -2.23. The molecule has 2 amide bonds. The molecule has 0 spiro atoms. The molecule has 0 bridgehead atoms. The van der Waals surface area contributed by atoms with Crippen molar-refractivity contribution in [3.63, 3.8) is 0 Å². The monoisotopic (exact) mass is 255 g/mol. The Balaban J connectivity index is 2.28. The van der Waals surface area contributed by atoms with Crippen LogP contribution in [0.25, 0.3) is 0 Å². The largest absolute Gasteiger partial charge is 0.334 e. The Labute approximate surface area is 112 Å². The molecule has 18 heavy (non-hydrogen) atoms. The van der Waals surface area contributed by atoms with Gasteiger partial charge in [0.15, 0.2) is 0 Å². The summed E-state index contributed by atoms with van der Waals surface area (Å²) in [5.41, 5.74) is 0. The van der Waals surface area contributed by atoms with Crippen LogP contribution in [-0.4, -0.2) is 54.6 Å². The van der Waals surface area contributed by atoms with Gasteiger partial charge in [0.05, 0.1) is 0 Å². The molecule has 0 aliphatic carbocycles. The SMILES string of the molecule is CC(C)CCN(C)C(=O)NC1CCN(C(C)C)C1. The predicted molar refractivity (Wildman–Crippen MR) is 75.7 cm³/mol. The van der Waals surface area contributed by atoms with Crippen LogP contribution in [0.5, 0.6) is 0 Å². The first kappa shape index (κ1) is 15.3. The van der Waals surface area contributed by atoms with Gasteiger partial charge in [0.2, 0.25) is 0 Å². The van der Waals surface area contributed by atoms with Crippen LogP contribution in [0.15, 0.2) is 0 Å². The molecule has 1 N–H and O–H groups in total. The molecule has 4 heteroatoms. The molecule has 4 nitrogen and oxygen atoms in total. The Kier molecular flexibility index (Phi) is 5.93. The summed E-state index contributed by atoms with van der Waals surface area (Å²) in [5, 5.41) is 3.13. The highest BCUT2D eigenvalue weighted by molar-refractivity contribution is 5.74. The number of hydrogen-bond donors (Lipinski definition) is 1. The third-order valence-electron chi connectivity index (χ3n) is 3.67. The average Bonchev–Trinajstić information content (AvgIpc) is 2.74. The van der Waals surface area contributed by atoms with E-state index in [-0.39, 0.29) is 6.03 Å². The fraction of sp³-hybridized carbons (Fsp3) is 0.929. The zero-order valence-electron chi connectivity index (χ0n) is 12.6. The van der Waals surface area contributed by atoms with Gasteiger partial charge in [0, 0.05) is 38.8 Å². The molecule has 1 saturated heterocycles. The minimum atomic E-state index is 0.0752. The zero-order valence-corrected chi connectivity index (χ0v) is 12.6. The van der Waals surface area contributed by atoms with Crippen molar-refractivity contribution in [2.24, 2.45) is 5.92 Å². The average molecular weight is 255 g/mol. The number of nitrogens with one attached hydrogen (secondary N) is 1. The molecular formula is C14H29N3O. The molecule has 1 fully saturated rings. The zero-order chi connectivity index (χ0) is 13.7. The van der Waals surface area contributed by atoms with E-state index in [0.717, 1.165) is 32.5 Å².